The quantitative estimate of drug-likeness (QED) is 0.899. The first kappa shape index (κ1) is 15.2. The van der Waals surface area contributed by atoms with Gasteiger partial charge >= 0.3 is 0 Å². The molecule has 1 atom stereocenters. The first-order chi connectivity index (χ1) is 10.5. The smallest absolute Gasteiger partial charge is 0.245 e. The first-order valence-corrected chi connectivity index (χ1v) is 8.01. The minimum absolute atomic E-state index is 0.0217. The lowest BCUT2D eigenvalue weighted by molar-refractivity contribution is -0.134. The van der Waals surface area contributed by atoms with Crippen molar-refractivity contribution in [3.63, 3.8) is 0 Å². The van der Waals surface area contributed by atoms with Gasteiger partial charge in [-0.25, -0.2) is 0 Å². The molecule has 22 heavy (non-hydrogen) atoms. The third-order valence-electron chi connectivity index (χ3n) is 4.40. The maximum Gasteiger partial charge on any atom is 0.245 e. The fourth-order valence-electron chi connectivity index (χ4n) is 3.11. The van der Waals surface area contributed by atoms with Crippen molar-refractivity contribution >= 4 is 29.1 Å². The summed E-state index contributed by atoms with van der Waals surface area (Å²) in [4.78, 5) is 27.7. The summed E-state index contributed by atoms with van der Waals surface area (Å²) in [6.07, 6.45) is 1.07. The van der Waals surface area contributed by atoms with Crippen molar-refractivity contribution in [2.24, 2.45) is 0 Å². The van der Waals surface area contributed by atoms with E-state index in [9.17, 15) is 9.59 Å². The molecule has 2 aliphatic heterocycles. The molecule has 5 nitrogen and oxygen atoms in total. The molecular weight excluding hydrogens is 302 g/mol. The Morgan fingerprint density at radius 2 is 2.00 bits per heavy atom. The van der Waals surface area contributed by atoms with Gasteiger partial charge in [0.1, 0.15) is 6.04 Å². The second kappa shape index (κ2) is 6.16. The fraction of sp³-hybridized carbons (Fsp3) is 0.500. The van der Waals surface area contributed by atoms with Gasteiger partial charge in [-0.2, -0.15) is 0 Å². The van der Waals surface area contributed by atoms with Gasteiger partial charge in [0.05, 0.1) is 0 Å². The second-order valence-electron chi connectivity index (χ2n) is 5.90. The Morgan fingerprint density at radius 1 is 1.27 bits per heavy atom. The molecule has 1 N–H and O–H groups in total. The van der Waals surface area contributed by atoms with E-state index in [1.54, 1.807) is 0 Å². The number of anilines is 1. The van der Waals surface area contributed by atoms with Gasteiger partial charge in [0.25, 0.3) is 0 Å². The molecule has 0 spiro atoms. The Hall–Kier alpha value is -1.75. The number of hydrogen-bond acceptors (Lipinski definition) is 3. The van der Waals surface area contributed by atoms with Crippen LogP contribution in [-0.2, 0) is 9.59 Å². The van der Waals surface area contributed by atoms with Crippen LogP contribution in [0.15, 0.2) is 18.2 Å². The number of carbonyl (C=O) groups is 2. The van der Waals surface area contributed by atoms with E-state index >= 15 is 0 Å². The number of aryl methyl sites for hydroxylation is 1. The van der Waals surface area contributed by atoms with E-state index < -0.39 is 0 Å². The molecule has 0 saturated carbocycles. The van der Waals surface area contributed by atoms with Gasteiger partial charge in [0.15, 0.2) is 0 Å². The van der Waals surface area contributed by atoms with Crippen LogP contribution < -0.4 is 10.2 Å². The minimum atomic E-state index is -0.327. The molecule has 0 unspecified atom stereocenters. The van der Waals surface area contributed by atoms with E-state index in [1.807, 2.05) is 23.1 Å². The molecule has 0 radical (unpaired) electrons. The number of benzene rings is 1. The van der Waals surface area contributed by atoms with Crippen molar-refractivity contribution in [1.29, 1.82) is 0 Å². The zero-order valence-electron chi connectivity index (χ0n) is 12.6. The van der Waals surface area contributed by atoms with Crippen molar-refractivity contribution in [2.75, 3.05) is 31.1 Å². The molecule has 0 aliphatic carbocycles. The van der Waals surface area contributed by atoms with E-state index in [4.69, 9.17) is 11.6 Å². The molecular formula is C16H20ClN3O2. The van der Waals surface area contributed by atoms with Crippen molar-refractivity contribution < 1.29 is 9.59 Å². The Kier molecular flexibility index (Phi) is 4.25. The van der Waals surface area contributed by atoms with Gasteiger partial charge in [-0.1, -0.05) is 17.7 Å². The fourth-order valence-corrected chi connectivity index (χ4v) is 3.28. The Labute approximate surface area is 135 Å². The van der Waals surface area contributed by atoms with Gasteiger partial charge in [0, 0.05) is 43.3 Å². The van der Waals surface area contributed by atoms with E-state index in [1.165, 1.54) is 5.56 Å². The first-order valence-electron chi connectivity index (χ1n) is 7.64. The molecule has 2 amide bonds. The lowest BCUT2D eigenvalue weighted by atomic mass is 10.1. The SMILES string of the molecule is Cc1ccc(Cl)cc1N1CCN(C(=O)[C@@H]2CCC(=O)N2)CC1. The number of carbonyl (C=O) groups excluding carboxylic acids is 2. The summed E-state index contributed by atoms with van der Waals surface area (Å²) in [5, 5.41) is 3.48. The third kappa shape index (κ3) is 3.04. The minimum Gasteiger partial charge on any atom is -0.368 e. The Morgan fingerprint density at radius 3 is 2.64 bits per heavy atom. The van der Waals surface area contributed by atoms with E-state index in [0.717, 1.165) is 23.8 Å². The third-order valence-corrected chi connectivity index (χ3v) is 4.63. The molecule has 1 aromatic rings. The van der Waals surface area contributed by atoms with Crippen LogP contribution in [0.5, 0.6) is 0 Å². The molecule has 2 aliphatic rings. The maximum atomic E-state index is 12.4. The topological polar surface area (TPSA) is 52.7 Å². The number of amides is 2. The van der Waals surface area contributed by atoms with Gasteiger partial charge < -0.3 is 15.1 Å². The molecule has 2 heterocycles. The lowest BCUT2D eigenvalue weighted by Gasteiger charge is -2.37. The van der Waals surface area contributed by atoms with Crippen LogP contribution in [0.4, 0.5) is 5.69 Å². The zero-order chi connectivity index (χ0) is 15.7. The highest BCUT2D eigenvalue weighted by molar-refractivity contribution is 6.30. The van der Waals surface area contributed by atoms with Gasteiger partial charge in [-0.05, 0) is 31.0 Å². The summed E-state index contributed by atoms with van der Waals surface area (Å²) >= 11 is 6.08. The zero-order valence-corrected chi connectivity index (χ0v) is 13.4. The highest BCUT2D eigenvalue weighted by Gasteiger charge is 2.32. The van der Waals surface area contributed by atoms with Crippen LogP contribution >= 0.6 is 11.6 Å². The standard InChI is InChI=1S/C16H20ClN3O2/c1-11-2-3-12(17)10-14(11)19-6-8-20(9-7-19)16(22)13-4-5-15(21)18-13/h2-3,10,13H,4-9H2,1H3,(H,18,21)/t13-/m0/s1. The highest BCUT2D eigenvalue weighted by atomic mass is 35.5. The van der Waals surface area contributed by atoms with Gasteiger partial charge in [0.2, 0.25) is 11.8 Å². The van der Waals surface area contributed by atoms with Crippen molar-refractivity contribution in [2.45, 2.75) is 25.8 Å². The van der Waals surface area contributed by atoms with Crippen LogP contribution in [0, 0.1) is 6.92 Å². The maximum absolute atomic E-state index is 12.4. The summed E-state index contributed by atoms with van der Waals surface area (Å²) in [6.45, 7) is 4.99. The van der Waals surface area contributed by atoms with Gasteiger partial charge in [-0.15, -0.1) is 0 Å². The molecule has 2 fully saturated rings. The largest absolute Gasteiger partial charge is 0.368 e. The number of piperazine rings is 1. The van der Waals surface area contributed by atoms with Crippen molar-refractivity contribution in [1.82, 2.24) is 10.2 Å². The Balaban J connectivity index is 1.61. The summed E-state index contributed by atoms with van der Waals surface area (Å²) in [5.74, 6) is 0.0276. The van der Waals surface area contributed by atoms with Crippen molar-refractivity contribution in [3.05, 3.63) is 28.8 Å². The summed E-state index contributed by atoms with van der Waals surface area (Å²) < 4.78 is 0. The van der Waals surface area contributed by atoms with Crippen LogP contribution in [0.1, 0.15) is 18.4 Å². The number of nitrogens with one attached hydrogen (secondary N) is 1. The molecule has 1 aromatic carbocycles. The lowest BCUT2D eigenvalue weighted by Crippen LogP contribution is -2.53. The molecule has 0 bridgehead atoms. The molecule has 6 heteroatoms. The van der Waals surface area contributed by atoms with Crippen LogP contribution in [0.3, 0.4) is 0 Å². The van der Waals surface area contributed by atoms with E-state index in [0.29, 0.717) is 25.9 Å². The predicted octanol–water partition coefficient (Wildman–Crippen LogP) is 1.58. The Bertz CT molecular complexity index is 597. The van der Waals surface area contributed by atoms with Crippen molar-refractivity contribution in [3.8, 4) is 0 Å². The van der Waals surface area contributed by atoms with Crippen LogP contribution in [0.2, 0.25) is 5.02 Å². The molecule has 0 aromatic heterocycles. The number of rotatable bonds is 2. The monoisotopic (exact) mass is 321 g/mol. The number of halogens is 1. The highest BCUT2D eigenvalue weighted by Crippen LogP contribution is 2.25. The molecule has 2 saturated heterocycles. The van der Waals surface area contributed by atoms with Gasteiger partial charge in [-0.3, -0.25) is 9.59 Å². The predicted molar refractivity (Wildman–Crippen MR) is 86.1 cm³/mol. The summed E-state index contributed by atoms with van der Waals surface area (Å²) in [7, 11) is 0. The average molecular weight is 322 g/mol. The average Bonchev–Trinajstić information content (AvgIpc) is 2.96. The second-order valence-corrected chi connectivity index (χ2v) is 6.34. The number of hydrogen-bond donors (Lipinski definition) is 1. The normalized spacial score (nSPS) is 21.9. The van der Waals surface area contributed by atoms with Crippen LogP contribution in [0.25, 0.3) is 0 Å². The van der Waals surface area contributed by atoms with E-state index in [2.05, 4.69) is 17.1 Å². The summed E-state index contributed by atoms with van der Waals surface area (Å²) in [6, 6.07) is 5.56. The van der Waals surface area contributed by atoms with E-state index in [-0.39, 0.29) is 17.9 Å². The summed E-state index contributed by atoms with van der Waals surface area (Å²) in [5.41, 5.74) is 2.32. The van der Waals surface area contributed by atoms with Crippen LogP contribution in [-0.4, -0.2) is 48.9 Å². The molecule has 118 valence electrons. The molecule has 3 rings (SSSR count). The number of nitrogens with zero attached hydrogens (tertiary/aromatic N) is 2.